The zero-order valence-corrected chi connectivity index (χ0v) is 20.4. The van der Waals surface area contributed by atoms with E-state index < -0.39 is 5.91 Å². The Morgan fingerprint density at radius 3 is 2.32 bits per heavy atom. The third-order valence-electron chi connectivity index (χ3n) is 5.36. The number of rotatable bonds is 9. The van der Waals surface area contributed by atoms with Crippen molar-refractivity contribution in [1.29, 1.82) is 5.26 Å². The quantitative estimate of drug-likeness (QED) is 0.190. The molecule has 0 atom stereocenters. The van der Waals surface area contributed by atoms with Crippen LogP contribution in [-0.2, 0) is 18.0 Å². The average molecular weight is 513 g/mol. The Morgan fingerprint density at radius 1 is 0.892 bits per heavy atom. The van der Waals surface area contributed by atoms with Crippen LogP contribution in [0.25, 0.3) is 6.08 Å². The molecule has 4 aromatic rings. The van der Waals surface area contributed by atoms with Gasteiger partial charge in [-0.05, 0) is 60.2 Å². The lowest BCUT2D eigenvalue weighted by molar-refractivity contribution is -0.112. The topological polar surface area (TPSA) is 71.3 Å². The summed E-state index contributed by atoms with van der Waals surface area (Å²) in [5, 5.41) is 13.0. The third-order valence-corrected chi connectivity index (χ3v) is 5.72. The number of nitriles is 1. The number of ether oxygens (including phenoxy) is 2. The summed E-state index contributed by atoms with van der Waals surface area (Å²) in [5.74, 6) is 0.227. The van der Waals surface area contributed by atoms with Gasteiger partial charge in [0.05, 0.1) is 0 Å². The normalized spacial score (nSPS) is 10.9. The first-order valence-electron chi connectivity index (χ1n) is 11.4. The van der Waals surface area contributed by atoms with Crippen LogP contribution in [-0.4, -0.2) is 5.91 Å². The molecule has 37 heavy (non-hydrogen) atoms. The minimum atomic E-state index is -0.555. The first kappa shape index (κ1) is 25.5. The molecule has 0 aliphatic rings. The number of amides is 1. The summed E-state index contributed by atoms with van der Waals surface area (Å²) in [5.41, 5.74) is 2.65. The van der Waals surface area contributed by atoms with Gasteiger partial charge in [-0.15, -0.1) is 0 Å². The van der Waals surface area contributed by atoms with Crippen molar-refractivity contribution in [3.63, 3.8) is 0 Å². The molecule has 5 nitrogen and oxygen atoms in total. The second-order valence-electron chi connectivity index (χ2n) is 7.98. The average Bonchev–Trinajstić information content (AvgIpc) is 2.92. The lowest BCUT2D eigenvalue weighted by atomic mass is 10.1. The number of carbonyl (C=O) groups excluding carboxylic acids is 1. The summed E-state index contributed by atoms with van der Waals surface area (Å²) in [6.45, 7) is 0.527. The summed E-state index contributed by atoms with van der Waals surface area (Å²) in [6.07, 6.45) is 1.47. The van der Waals surface area contributed by atoms with Crippen molar-refractivity contribution < 1.29 is 18.7 Å². The van der Waals surface area contributed by atoms with Crippen molar-refractivity contribution in [3.05, 3.63) is 130 Å². The SMILES string of the molecule is N#C/C(=C\c1ccccc1OCc1ccc(F)cc1)C(=O)Nc1ccc(OCc2ccccc2Cl)cc1. The van der Waals surface area contributed by atoms with E-state index >= 15 is 0 Å². The third kappa shape index (κ3) is 7.20. The molecule has 0 unspecified atom stereocenters. The number of nitrogens with zero attached hydrogens (tertiary/aromatic N) is 1. The summed E-state index contributed by atoms with van der Waals surface area (Å²) in [6, 6.07) is 29.3. The van der Waals surface area contributed by atoms with Gasteiger partial charge in [-0.25, -0.2) is 4.39 Å². The van der Waals surface area contributed by atoms with Gasteiger partial charge in [0.25, 0.3) is 5.91 Å². The molecule has 0 saturated heterocycles. The van der Waals surface area contributed by atoms with Crippen molar-refractivity contribution in [2.45, 2.75) is 13.2 Å². The van der Waals surface area contributed by atoms with Gasteiger partial charge in [0.1, 0.15) is 42.2 Å². The molecular formula is C30H22ClFN2O3. The van der Waals surface area contributed by atoms with Gasteiger partial charge in [-0.1, -0.05) is 60.1 Å². The Kier molecular flexibility index (Phi) is 8.53. The maximum atomic E-state index is 13.1. The van der Waals surface area contributed by atoms with E-state index in [0.29, 0.717) is 34.4 Å². The van der Waals surface area contributed by atoms with Gasteiger partial charge >= 0.3 is 0 Å². The Balaban J connectivity index is 1.40. The van der Waals surface area contributed by atoms with Gasteiger partial charge in [0, 0.05) is 21.8 Å². The van der Waals surface area contributed by atoms with Crippen molar-refractivity contribution in [1.82, 2.24) is 0 Å². The molecule has 0 heterocycles. The van der Waals surface area contributed by atoms with E-state index in [1.165, 1.54) is 18.2 Å². The Morgan fingerprint density at radius 2 is 1.59 bits per heavy atom. The molecule has 0 radical (unpaired) electrons. The maximum absolute atomic E-state index is 13.1. The number of halogens is 2. The summed E-state index contributed by atoms with van der Waals surface area (Å²) in [7, 11) is 0. The van der Waals surface area contributed by atoms with E-state index in [4.69, 9.17) is 21.1 Å². The minimum absolute atomic E-state index is 0.0862. The molecule has 1 amide bonds. The fourth-order valence-corrected chi connectivity index (χ4v) is 3.58. The molecular weight excluding hydrogens is 491 g/mol. The molecule has 4 aromatic carbocycles. The fraction of sp³-hybridized carbons (Fsp3) is 0.0667. The maximum Gasteiger partial charge on any atom is 0.266 e. The summed E-state index contributed by atoms with van der Waals surface area (Å²) in [4.78, 5) is 12.8. The van der Waals surface area contributed by atoms with Crippen LogP contribution in [0, 0.1) is 17.1 Å². The molecule has 0 bridgehead atoms. The monoisotopic (exact) mass is 512 g/mol. The number of anilines is 1. The predicted octanol–water partition coefficient (Wildman–Crippen LogP) is 7.18. The van der Waals surface area contributed by atoms with Crippen LogP contribution < -0.4 is 14.8 Å². The van der Waals surface area contributed by atoms with E-state index in [0.717, 1.165) is 11.1 Å². The number of benzene rings is 4. The van der Waals surface area contributed by atoms with E-state index in [1.807, 2.05) is 24.3 Å². The first-order chi connectivity index (χ1) is 18.0. The zero-order chi connectivity index (χ0) is 26.0. The van der Waals surface area contributed by atoms with Crippen molar-refractivity contribution in [3.8, 4) is 17.6 Å². The zero-order valence-electron chi connectivity index (χ0n) is 19.7. The van der Waals surface area contributed by atoms with Crippen LogP contribution in [0.4, 0.5) is 10.1 Å². The highest BCUT2D eigenvalue weighted by atomic mass is 35.5. The number of para-hydroxylation sites is 1. The molecule has 4 rings (SSSR count). The van der Waals surface area contributed by atoms with E-state index in [1.54, 1.807) is 66.7 Å². The molecule has 7 heteroatoms. The van der Waals surface area contributed by atoms with Gasteiger partial charge < -0.3 is 14.8 Å². The van der Waals surface area contributed by atoms with Crippen LogP contribution in [0.5, 0.6) is 11.5 Å². The van der Waals surface area contributed by atoms with Gasteiger partial charge in [-0.2, -0.15) is 5.26 Å². The van der Waals surface area contributed by atoms with Gasteiger partial charge in [-0.3, -0.25) is 4.79 Å². The minimum Gasteiger partial charge on any atom is -0.489 e. The highest BCUT2D eigenvalue weighted by molar-refractivity contribution is 6.31. The highest BCUT2D eigenvalue weighted by Crippen LogP contribution is 2.24. The molecule has 0 spiro atoms. The Labute approximate surface area is 219 Å². The second-order valence-corrected chi connectivity index (χ2v) is 8.39. The number of carbonyl (C=O) groups is 1. The number of hydrogen-bond acceptors (Lipinski definition) is 4. The number of hydrogen-bond donors (Lipinski definition) is 1. The second kappa shape index (κ2) is 12.4. The lowest BCUT2D eigenvalue weighted by Gasteiger charge is -2.11. The van der Waals surface area contributed by atoms with E-state index in [-0.39, 0.29) is 18.0 Å². The molecule has 1 N–H and O–H groups in total. The lowest BCUT2D eigenvalue weighted by Crippen LogP contribution is -2.13. The van der Waals surface area contributed by atoms with Crippen LogP contribution in [0.1, 0.15) is 16.7 Å². The predicted molar refractivity (Wildman–Crippen MR) is 142 cm³/mol. The smallest absolute Gasteiger partial charge is 0.266 e. The van der Waals surface area contributed by atoms with Gasteiger partial charge in [0.15, 0.2) is 0 Å². The fourth-order valence-electron chi connectivity index (χ4n) is 3.39. The molecule has 0 aliphatic heterocycles. The molecule has 184 valence electrons. The van der Waals surface area contributed by atoms with Crippen LogP contribution in [0.3, 0.4) is 0 Å². The highest BCUT2D eigenvalue weighted by Gasteiger charge is 2.12. The van der Waals surface area contributed by atoms with Crippen molar-refractivity contribution in [2.24, 2.45) is 0 Å². The first-order valence-corrected chi connectivity index (χ1v) is 11.8. The van der Waals surface area contributed by atoms with Crippen molar-refractivity contribution in [2.75, 3.05) is 5.32 Å². The van der Waals surface area contributed by atoms with E-state index in [2.05, 4.69) is 5.32 Å². The largest absolute Gasteiger partial charge is 0.489 e. The van der Waals surface area contributed by atoms with E-state index in [9.17, 15) is 14.4 Å². The van der Waals surface area contributed by atoms with Gasteiger partial charge in [0.2, 0.25) is 0 Å². The van der Waals surface area contributed by atoms with Crippen LogP contribution >= 0.6 is 11.6 Å². The Bertz CT molecular complexity index is 1450. The number of nitrogens with one attached hydrogen (secondary N) is 1. The molecule has 0 aliphatic carbocycles. The summed E-state index contributed by atoms with van der Waals surface area (Å²) < 4.78 is 24.7. The molecule has 0 fully saturated rings. The molecule has 0 aromatic heterocycles. The van der Waals surface area contributed by atoms with Crippen LogP contribution in [0.2, 0.25) is 5.02 Å². The Hall–Kier alpha value is -4.60. The van der Waals surface area contributed by atoms with Crippen LogP contribution in [0.15, 0.2) is 103 Å². The summed E-state index contributed by atoms with van der Waals surface area (Å²) >= 11 is 6.16. The molecule has 0 saturated carbocycles. The van der Waals surface area contributed by atoms with Crippen molar-refractivity contribution >= 4 is 29.3 Å². The standard InChI is InChI=1S/C30H22ClFN2O3/c31-28-7-3-1-6-23(28)20-36-27-15-13-26(14-16-27)34-30(35)24(18-33)17-22-5-2-4-8-29(22)37-19-21-9-11-25(32)12-10-21/h1-17H,19-20H2,(H,34,35)/b24-17+.